The fourth-order valence-electron chi connectivity index (χ4n) is 1.17. The molecule has 0 spiro atoms. The molecule has 17 heavy (non-hydrogen) atoms. The number of H-pyrrole nitrogens is 2. The summed E-state index contributed by atoms with van der Waals surface area (Å²) in [5, 5.41) is 2.24. The second-order valence-corrected chi connectivity index (χ2v) is 3.45. The van der Waals surface area contributed by atoms with Crippen LogP contribution in [0, 0.1) is 0 Å². The quantitative estimate of drug-likeness (QED) is 0.663. The third-order valence-corrected chi connectivity index (χ3v) is 2.04. The highest BCUT2D eigenvalue weighted by molar-refractivity contribution is 5.83. The molecule has 94 valence electrons. The van der Waals surface area contributed by atoms with Crippen LogP contribution in [0.3, 0.4) is 0 Å². The van der Waals surface area contributed by atoms with Gasteiger partial charge in [0.1, 0.15) is 5.69 Å². The summed E-state index contributed by atoms with van der Waals surface area (Å²) in [4.78, 5) is 37.4. The SMILES string of the molecule is CCCCCOC(=O)Nc1c[nH]c(=O)[nH]c1=O. The lowest BCUT2D eigenvalue weighted by atomic mass is 10.3. The average molecular weight is 241 g/mol. The predicted molar refractivity (Wildman–Crippen MR) is 62.2 cm³/mol. The number of unbranched alkanes of at least 4 members (excludes halogenated alkanes) is 2. The highest BCUT2D eigenvalue weighted by Crippen LogP contribution is 1.97. The largest absolute Gasteiger partial charge is 0.449 e. The van der Waals surface area contributed by atoms with Gasteiger partial charge in [-0.2, -0.15) is 0 Å². The molecule has 1 aromatic rings. The van der Waals surface area contributed by atoms with Crippen molar-refractivity contribution in [3.05, 3.63) is 27.0 Å². The molecule has 1 amide bonds. The zero-order chi connectivity index (χ0) is 12.7. The molecule has 0 radical (unpaired) electrons. The molecule has 0 unspecified atom stereocenters. The standard InChI is InChI=1S/C10H15N3O4/c1-2-3-4-5-17-10(16)12-7-6-11-9(15)13-8(7)14/h6H,2-5H2,1H3,(H,12,16)(H2,11,13,14,15). The summed E-state index contributed by atoms with van der Waals surface area (Å²) < 4.78 is 4.84. The number of aromatic nitrogens is 2. The molecule has 0 saturated heterocycles. The number of ether oxygens (including phenoxy) is 1. The number of carbonyl (C=O) groups is 1. The van der Waals surface area contributed by atoms with E-state index in [2.05, 4.69) is 10.3 Å². The summed E-state index contributed by atoms with van der Waals surface area (Å²) in [5.41, 5.74) is -1.35. The third kappa shape index (κ3) is 4.54. The van der Waals surface area contributed by atoms with Gasteiger partial charge in [-0.3, -0.25) is 15.1 Å². The van der Waals surface area contributed by atoms with Gasteiger partial charge in [-0.25, -0.2) is 9.59 Å². The van der Waals surface area contributed by atoms with E-state index in [1.165, 1.54) is 0 Å². The van der Waals surface area contributed by atoms with Crippen molar-refractivity contribution in [3.63, 3.8) is 0 Å². The van der Waals surface area contributed by atoms with Crippen molar-refractivity contribution < 1.29 is 9.53 Å². The summed E-state index contributed by atoms with van der Waals surface area (Å²) in [6.07, 6.45) is 3.20. The summed E-state index contributed by atoms with van der Waals surface area (Å²) >= 11 is 0. The van der Waals surface area contributed by atoms with Crippen molar-refractivity contribution >= 4 is 11.8 Å². The Morgan fingerprint density at radius 1 is 1.41 bits per heavy atom. The fraction of sp³-hybridized carbons (Fsp3) is 0.500. The van der Waals surface area contributed by atoms with Crippen LogP contribution >= 0.6 is 0 Å². The maximum Gasteiger partial charge on any atom is 0.411 e. The Hall–Kier alpha value is -2.05. The van der Waals surface area contributed by atoms with E-state index in [0.717, 1.165) is 25.5 Å². The van der Waals surface area contributed by atoms with Crippen LogP contribution in [0.4, 0.5) is 10.5 Å². The maximum absolute atomic E-state index is 11.2. The minimum absolute atomic E-state index is 0.0508. The lowest BCUT2D eigenvalue weighted by Gasteiger charge is -2.05. The molecule has 7 nitrogen and oxygen atoms in total. The number of nitrogens with one attached hydrogen (secondary N) is 3. The van der Waals surface area contributed by atoms with E-state index < -0.39 is 17.3 Å². The molecule has 1 rings (SSSR count). The van der Waals surface area contributed by atoms with Crippen LogP contribution in [0.25, 0.3) is 0 Å². The van der Waals surface area contributed by atoms with Gasteiger partial charge in [-0.15, -0.1) is 0 Å². The van der Waals surface area contributed by atoms with Gasteiger partial charge in [0.25, 0.3) is 5.56 Å². The summed E-state index contributed by atoms with van der Waals surface area (Å²) in [6, 6.07) is 0. The van der Waals surface area contributed by atoms with Crippen molar-refractivity contribution in [2.75, 3.05) is 11.9 Å². The van der Waals surface area contributed by atoms with Crippen molar-refractivity contribution in [2.24, 2.45) is 0 Å². The van der Waals surface area contributed by atoms with E-state index in [1.807, 2.05) is 11.9 Å². The van der Waals surface area contributed by atoms with Crippen molar-refractivity contribution in [1.29, 1.82) is 0 Å². The minimum Gasteiger partial charge on any atom is -0.449 e. The van der Waals surface area contributed by atoms with Crippen LogP contribution in [0.15, 0.2) is 15.8 Å². The average Bonchev–Trinajstić information content (AvgIpc) is 2.28. The van der Waals surface area contributed by atoms with Crippen molar-refractivity contribution in [1.82, 2.24) is 9.97 Å². The number of anilines is 1. The Bertz CT molecular complexity index is 477. The van der Waals surface area contributed by atoms with Gasteiger partial charge < -0.3 is 9.72 Å². The number of rotatable bonds is 5. The number of hydrogen-bond donors (Lipinski definition) is 3. The zero-order valence-electron chi connectivity index (χ0n) is 9.54. The molecule has 1 heterocycles. The van der Waals surface area contributed by atoms with Gasteiger partial charge in [0.05, 0.1) is 6.61 Å². The van der Waals surface area contributed by atoms with Gasteiger partial charge in [0, 0.05) is 6.20 Å². The highest BCUT2D eigenvalue weighted by atomic mass is 16.5. The van der Waals surface area contributed by atoms with Crippen LogP contribution in [0.5, 0.6) is 0 Å². The summed E-state index contributed by atoms with van der Waals surface area (Å²) in [6.45, 7) is 2.35. The molecule has 0 saturated carbocycles. The first kappa shape index (κ1) is 13.0. The molecule has 0 fully saturated rings. The van der Waals surface area contributed by atoms with E-state index >= 15 is 0 Å². The van der Waals surface area contributed by atoms with E-state index in [0.29, 0.717) is 6.61 Å². The van der Waals surface area contributed by atoms with Crippen LogP contribution in [-0.4, -0.2) is 22.7 Å². The third-order valence-electron chi connectivity index (χ3n) is 2.04. The van der Waals surface area contributed by atoms with Gasteiger partial charge in [0.2, 0.25) is 0 Å². The highest BCUT2D eigenvalue weighted by Gasteiger charge is 2.06. The van der Waals surface area contributed by atoms with Crippen molar-refractivity contribution in [3.8, 4) is 0 Å². The molecule has 7 heteroatoms. The smallest absolute Gasteiger partial charge is 0.411 e. The Labute approximate surface area is 97.2 Å². The van der Waals surface area contributed by atoms with Gasteiger partial charge in [0.15, 0.2) is 0 Å². The molecule has 0 bridgehead atoms. The molecule has 0 aliphatic carbocycles. The molecule has 0 aromatic carbocycles. The number of aromatic amines is 2. The zero-order valence-corrected chi connectivity index (χ0v) is 9.54. The topological polar surface area (TPSA) is 104 Å². The van der Waals surface area contributed by atoms with Gasteiger partial charge in [-0.05, 0) is 6.42 Å². The van der Waals surface area contributed by atoms with E-state index in [4.69, 9.17) is 4.74 Å². The maximum atomic E-state index is 11.2. The van der Waals surface area contributed by atoms with Crippen molar-refractivity contribution in [2.45, 2.75) is 26.2 Å². The number of amides is 1. The van der Waals surface area contributed by atoms with Gasteiger partial charge >= 0.3 is 11.8 Å². The molecular weight excluding hydrogens is 226 g/mol. The Morgan fingerprint density at radius 3 is 2.82 bits per heavy atom. The van der Waals surface area contributed by atoms with E-state index in [-0.39, 0.29) is 5.69 Å². The Balaban J connectivity index is 2.45. The minimum atomic E-state index is -0.710. The predicted octanol–water partition coefficient (Wildman–Crippen LogP) is 0.802. The second kappa shape index (κ2) is 6.51. The fourth-order valence-corrected chi connectivity index (χ4v) is 1.17. The monoisotopic (exact) mass is 241 g/mol. The van der Waals surface area contributed by atoms with Gasteiger partial charge in [-0.1, -0.05) is 19.8 Å². The first-order valence-electron chi connectivity index (χ1n) is 5.39. The normalized spacial score (nSPS) is 9.94. The van der Waals surface area contributed by atoms with Crippen LogP contribution in [0.2, 0.25) is 0 Å². The van der Waals surface area contributed by atoms with E-state index in [9.17, 15) is 14.4 Å². The lowest BCUT2D eigenvalue weighted by Crippen LogP contribution is -2.27. The molecule has 0 atom stereocenters. The van der Waals surface area contributed by atoms with Crippen LogP contribution < -0.4 is 16.6 Å². The Morgan fingerprint density at radius 2 is 2.18 bits per heavy atom. The summed E-state index contributed by atoms with van der Waals surface area (Å²) in [7, 11) is 0. The van der Waals surface area contributed by atoms with Crippen LogP contribution in [-0.2, 0) is 4.74 Å². The number of carbonyl (C=O) groups excluding carboxylic acids is 1. The van der Waals surface area contributed by atoms with Crippen LogP contribution in [0.1, 0.15) is 26.2 Å². The first-order valence-corrected chi connectivity index (χ1v) is 5.39. The molecule has 3 N–H and O–H groups in total. The second-order valence-electron chi connectivity index (χ2n) is 3.45. The Kier molecular flexibility index (Phi) is 4.99. The lowest BCUT2D eigenvalue weighted by molar-refractivity contribution is 0.159. The molecule has 1 aromatic heterocycles. The molecular formula is C10H15N3O4. The summed E-state index contributed by atoms with van der Waals surface area (Å²) in [5.74, 6) is 0. The molecule has 0 aliphatic heterocycles. The number of hydrogen-bond acceptors (Lipinski definition) is 4. The first-order chi connectivity index (χ1) is 8.13. The van der Waals surface area contributed by atoms with E-state index in [1.54, 1.807) is 0 Å². The molecule has 0 aliphatic rings.